The molecule has 24 heavy (non-hydrogen) atoms. The largest absolute Gasteiger partial charge is 0.454 e. The summed E-state index contributed by atoms with van der Waals surface area (Å²) in [4.78, 5) is 27.2. The Morgan fingerprint density at radius 1 is 1.33 bits per heavy atom. The predicted octanol–water partition coefficient (Wildman–Crippen LogP) is 2.47. The van der Waals surface area contributed by atoms with Gasteiger partial charge >= 0.3 is 0 Å². The van der Waals surface area contributed by atoms with Crippen molar-refractivity contribution >= 4 is 46.1 Å². The fourth-order valence-electron chi connectivity index (χ4n) is 2.19. The number of hydrogen-bond acceptors (Lipinski definition) is 7. The van der Waals surface area contributed by atoms with Crippen LogP contribution in [0.4, 0.5) is 5.69 Å². The Bertz CT molecular complexity index is 932. The first-order chi connectivity index (χ1) is 11.7. The normalized spacial score (nSPS) is 12.5. The number of aromatic nitrogens is 4. The van der Waals surface area contributed by atoms with E-state index in [1.165, 1.54) is 18.1 Å². The van der Waals surface area contributed by atoms with Crippen molar-refractivity contribution in [3.05, 3.63) is 29.8 Å². The van der Waals surface area contributed by atoms with Crippen LogP contribution in [0.5, 0.6) is 11.5 Å². The lowest BCUT2D eigenvalue weighted by Crippen LogP contribution is -2.14. The fraction of sp³-hybridized carbons (Fsp3) is 0.143. The number of carbonyl (C=O) groups is 1. The molecular weight excluding hydrogens is 354 g/mol. The number of nitrogens with zero attached hydrogens (tertiary/aromatic N) is 3. The summed E-state index contributed by atoms with van der Waals surface area (Å²) >= 11 is 7.11. The Balaban J connectivity index is 1.44. The number of nitrogens with one attached hydrogen (secondary N) is 2. The Hall–Kier alpha value is -2.52. The predicted molar refractivity (Wildman–Crippen MR) is 88.6 cm³/mol. The molecule has 0 saturated heterocycles. The van der Waals surface area contributed by atoms with E-state index in [1.807, 2.05) is 0 Å². The fourth-order valence-corrected chi connectivity index (χ4v) is 3.19. The summed E-state index contributed by atoms with van der Waals surface area (Å²) in [6.07, 6.45) is 1.51. The van der Waals surface area contributed by atoms with E-state index in [4.69, 9.17) is 21.1 Å². The van der Waals surface area contributed by atoms with Crippen LogP contribution in [-0.4, -0.2) is 38.4 Å². The molecule has 0 saturated carbocycles. The molecule has 8 nitrogen and oxygen atoms in total. The third-order valence-corrected chi connectivity index (χ3v) is 4.37. The first kappa shape index (κ1) is 15.0. The average molecular weight is 364 g/mol. The smallest absolute Gasteiger partial charge is 0.234 e. The van der Waals surface area contributed by atoms with E-state index in [1.54, 1.807) is 18.2 Å². The second kappa shape index (κ2) is 6.17. The highest BCUT2D eigenvalue weighted by molar-refractivity contribution is 8.00. The number of hydrogen-bond donors (Lipinski definition) is 2. The van der Waals surface area contributed by atoms with Crippen LogP contribution >= 0.6 is 23.4 Å². The van der Waals surface area contributed by atoms with Gasteiger partial charge in [0.2, 0.25) is 18.0 Å². The van der Waals surface area contributed by atoms with Gasteiger partial charge in [-0.2, -0.15) is 4.98 Å². The van der Waals surface area contributed by atoms with E-state index < -0.39 is 0 Å². The summed E-state index contributed by atoms with van der Waals surface area (Å²) in [5.41, 5.74) is 1.76. The van der Waals surface area contributed by atoms with Crippen molar-refractivity contribution in [1.29, 1.82) is 0 Å². The van der Waals surface area contributed by atoms with Crippen LogP contribution in [0.2, 0.25) is 5.28 Å². The zero-order valence-electron chi connectivity index (χ0n) is 12.1. The molecule has 122 valence electrons. The number of benzene rings is 1. The summed E-state index contributed by atoms with van der Waals surface area (Å²) < 4.78 is 10.5. The number of thioether (sulfide) groups is 1. The van der Waals surface area contributed by atoms with E-state index >= 15 is 0 Å². The molecule has 1 aromatic carbocycles. The third kappa shape index (κ3) is 2.95. The second-order valence-corrected chi connectivity index (χ2v) is 6.11. The Labute approximate surface area is 144 Å². The number of H-pyrrole nitrogens is 1. The summed E-state index contributed by atoms with van der Waals surface area (Å²) in [5, 5.41) is 3.46. The number of anilines is 1. The average Bonchev–Trinajstić information content (AvgIpc) is 3.20. The minimum absolute atomic E-state index is 0.0910. The Morgan fingerprint density at radius 2 is 2.21 bits per heavy atom. The van der Waals surface area contributed by atoms with Crippen LogP contribution in [0.1, 0.15) is 0 Å². The highest BCUT2D eigenvalue weighted by Gasteiger charge is 2.15. The zero-order valence-corrected chi connectivity index (χ0v) is 13.6. The third-order valence-electron chi connectivity index (χ3n) is 3.22. The number of fused-ring (bicyclic) bond motifs is 2. The van der Waals surface area contributed by atoms with Gasteiger partial charge in [-0.25, -0.2) is 9.97 Å². The van der Waals surface area contributed by atoms with Crippen molar-refractivity contribution in [2.24, 2.45) is 0 Å². The van der Waals surface area contributed by atoms with Gasteiger partial charge in [-0.15, -0.1) is 0 Å². The molecular formula is C14H10ClN5O3S. The maximum Gasteiger partial charge on any atom is 0.234 e. The molecule has 0 atom stereocenters. The van der Waals surface area contributed by atoms with Gasteiger partial charge in [-0.05, 0) is 23.7 Å². The van der Waals surface area contributed by atoms with Crippen LogP contribution in [0.3, 0.4) is 0 Å². The van der Waals surface area contributed by atoms with Gasteiger partial charge in [-0.3, -0.25) is 4.79 Å². The molecule has 0 unspecified atom stereocenters. The highest BCUT2D eigenvalue weighted by atomic mass is 35.5. The molecule has 0 radical (unpaired) electrons. The van der Waals surface area contributed by atoms with Gasteiger partial charge in [0.25, 0.3) is 0 Å². The van der Waals surface area contributed by atoms with E-state index in [-0.39, 0.29) is 23.7 Å². The molecule has 0 aliphatic carbocycles. The molecule has 1 aliphatic heterocycles. The molecule has 0 fully saturated rings. The molecule has 3 aromatic rings. The maximum atomic E-state index is 12.1. The highest BCUT2D eigenvalue weighted by Crippen LogP contribution is 2.34. The number of halogens is 1. The van der Waals surface area contributed by atoms with Gasteiger partial charge in [0, 0.05) is 11.8 Å². The number of rotatable bonds is 4. The van der Waals surface area contributed by atoms with Gasteiger partial charge in [0.1, 0.15) is 10.5 Å². The van der Waals surface area contributed by atoms with Gasteiger partial charge in [-0.1, -0.05) is 11.8 Å². The molecule has 4 rings (SSSR count). The molecule has 2 N–H and O–H groups in total. The van der Waals surface area contributed by atoms with Crippen LogP contribution in [0, 0.1) is 0 Å². The molecule has 10 heteroatoms. The van der Waals surface area contributed by atoms with Crippen LogP contribution < -0.4 is 14.8 Å². The molecule has 0 bridgehead atoms. The maximum absolute atomic E-state index is 12.1. The first-order valence-corrected chi connectivity index (χ1v) is 8.24. The number of carbonyl (C=O) groups excluding carboxylic acids is 1. The van der Waals surface area contributed by atoms with E-state index in [2.05, 4.69) is 25.3 Å². The monoisotopic (exact) mass is 363 g/mol. The van der Waals surface area contributed by atoms with E-state index in [9.17, 15) is 4.79 Å². The molecule has 2 aromatic heterocycles. The summed E-state index contributed by atoms with van der Waals surface area (Å²) in [7, 11) is 0. The van der Waals surface area contributed by atoms with E-state index in [0.717, 1.165) is 0 Å². The minimum Gasteiger partial charge on any atom is -0.454 e. The lowest BCUT2D eigenvalue weighted by molar-refractivity contribution is -0.113. The summed E-state index contributed by atoms with van der Waals surface area (Å²) in [6, 6.07) is 5.23. The van der Waals surface area contributed by atoms with Gasteiger partial charge in [0.15, 0.2) is 17.1 Å². The Kier molecular flexibility index (Phi) is 3.87. The minimum atomic E-state index is -0.179. The SMILES string of the molecule is O=C(CSc1nc(Cl)nc2nc[nH]c12)Nc1ccc2c(c1)OCO2. The van der Waals surface area contributed by atoms with E-state index in [0.29, 0.717) is 33.4 Å². The van der Waals surface area contributed by atoms with Crippen LogP contribution in [0.25, 0.3) is 11.2 Å². The number of imidazole rings is 1. The van der Waals surface area contributed by atoms with Crippen molar-refractivity contribution in [1.82, 2.24) is 19.9 Å². The number of ether oxygens (including phenoxy) is 2. The topological polar surface area (TPSA) is 102 Å². The number of amides is 1. The van der Waals surface area contributed by atoms with Crippen molar-refractivity contribution < 1.29 is 14.3 Å². The standard InChI is InChI=1S/C14H10ClN5O3S/c15-14-19-12-11(16-5-17-12)13(20-14)24-4-10(21)18-7-1-2-8-9(3-7)23-6-22-8/h1-3,5H,4,6H2,(H,18,21)(H,16,17,19,20). The summed E-state index contributed by atoms with van der Waals surface area (Å²) in [6.45, 7) is 0.192. The van der Waals surface area contributed by atoms with Crippen molar-refractivity contribution in [2.45, 2.75) is 5.03 Å². The van der Waals surface area contributed by atoms with Gasteiger partial charge < -0.3 is 19.8 Å². The quantitative estimate of drug-likeness (QED) is 0.417. The zero-order chi connectivity index (χ0) is 16.5. The van der Waals surface area contributed by atoms with Crippen LogP contribution in [-0.2, 0) is 4.79 Å². The molecule has 1 aliphatic rings. The Morgan fingerprint density at radius 3 is 3.12 bits per heavy atom. The second-order valence-electron chi connectivity index (χ2n) is 4.80. The van der Waals surface area contributed by atoms with Gasteiger partial charge in [0.05, 0.1) is 12.1 Å². The number of aromatic amines is 1. The van der Waals surface area contributed by atoms with Crippen molar-refractivity contribution in [3.8, 4) is 11.5 Å². The first-order valence-electron chi connectivity index (χ1n) is 6.88. The van der Waals surface area contributed by atoms with Crippen molar-refractivity contribution in [2.75, 3.05) is 17.9 Å². The van der Waals surface area contributed by atoms with Crippen LogP contribution in [0.15, 0.2) is 29.6 Å². The summed E-state index contributed by atoms with van der Waals surface area (Å²) in [5.74, 6) is 1.26. The molecule has 1 amide bonds. The lowest BCUT2D eigenvalue weighted by atomic mass is 10.3. The van der Waals surface area contributed by atoms with Crippen molar-refractivity contribution in [3.63, 3.8) is 0 Å². The lowest BCUT2D eigenvalue weighted by Gasteiger charge is -2.06. The molecule has 0 spiro atoms. The molecule has 3 heterocycles.